The molecule has 1 saturated heterocycles. The molecule has 1 atom stereocenters. The number of rotatable bonds is 1. The molecule has 3 heterocycles. The van der Waals surface area contributed by atoms with Gasteiger partial charge < -0.3 is 16.0 Å². The Morgan fingerprint density at radius 2 is 2.35 bits per heavy atom. The molecule has 1 fully saturated rings. The molecule has 2 aromatic heterocycles. The highest BCUT2D eigenvalue weighted by Gasteiger charge is 2.22. The number of nitrogens with one attached hydrogen (secondary N) is 1. The Hall–Kier alpha value is -1.89. The second kappa shape index (κ2) is 3.85. The summed E-state index contributed by atoms with van der Waals surface area (Å²) in [6.07, 6.45) is 1.71. The molecule has 0 bridgehead atoms. The molecule has 7 nitrogen and oxygen atoms in total. The van der Waals surface area contributed by atoms with Crippen LogP contribution in [0.15, 0.2) is 12.3 Å². The summed E-state index contributed by atoms with van der Waals surface area (Å²) in [4.78, 5) is 10.7. The largest absolute Gasteiger partial charge is 0.368 e. The predicted octanol–water partition coefficient (Wildman–Crippen LogP) is -0.495. The predicted molar refractivity (Wildman–Crippen MR) is 64.9 cm³/mol. The Kier molecular flexibility index (Phi) is 2.32. The number of fused-ring (bicyclic) bond motifs is 1. The van der Waals surface area contributed by atoms with Crippen LogP contribution in [0.3, 0.4) is 0 Å². The van der Waals surface area contributed by atoms with Crippen LogP contribution in [0.25, 0.3) is 5.65 Å². The van der Waals surface area contributed by atoms with Gasteiger partial charge in [0.1, 0.15) is 0 Å². The van der Waals surface area contributed by atoms with Crippen molar-refractivity contribution < 1.29 is 0 Å². The molecule has 1 aliphatic heterocycles. The van der Waals surface area contributed by atoms with Crippen LogP contribution in [-0.4, -0.2) is 45.3 Å². The monoisotopic (exact) mass is 233 g/mol. The summed E-state index contributed by atoms with van der Waals surface area (Å²) in [5, 5.41) is 7.59. The maximum absolute atomic E-state index is 5.73. The minimum Gasteiger partial charge on any atom is -0.368 e. The third-order valence-corrected chi connectivity index (χ3v) is 3.01. The van der Waals surface area contributed by atoms with Crippen molar-refractivity contribution in [2.45, 2.75) is 13.0 Å². The third kappa shape index (κ3) is 1.68. The van der Waals surface area contributed by atoms with E-state index in [0.717, 1.165) is 31.2 Å². The molecule has 17 heavy (non-hydrogen) atoms. The summed E-state index contributed by atoms with van der Waals surface area (Å²) in [6, 6.07) is 2.19. The zero-order chi connectivity index (χ0) is 11.8. The van der Waals surface area contributed by atoms with E-state index in [1.54, 1.807) is 10.7 Å². The molecule has 90 valence electrons. The molecular formula is C10H15N7. The Bertz CT molecular complexity index is 534. The summed E-state index contributed by atoms with van der Waals surface area (Å²) in [5.74, 6) is 1.06. The number of anilines is 2. The van der Waals surface area contributed by atoms with E-state index >= 15 is 0 Å². The van der Waals surface area contributed by atoms with Gasteiger partial charge in [-0.1, -0.05) is 0 Å². The van der Waals surface area contributed by atoms with E-state index in [4.69, 9.17) is 5.73 Å². The summed E-state index contributed by atoms with van der Waals surface area (Å²) in [6.45, 7) is 4.93. The first-order valence-corrected chi connectivity index (χ1v) is 5.70. The van der Waals surface area contributed by atoms with E-state index in [9.17, 15) is 0 Å². The van der Waals surface area contributed by atoms with Crippen LogP contribution in [0, 0.1) is 0 Å². The smallest absolute Gasteiger partial charge is 0.232 e. The van der Waals surface area contributed by atoms with Crippen LogP contribution in [0.4, 0.5) is 11.9 Å². The molecule has 3 rings (SSSR count). The van der Waals surface area contributed by atoms with Crippen molar-refractivity contribution in [1.29, 1.82) is 0 Å². The lowest BCUT2D eigenvalue weighted by atomic mass is 10.2. The number of nitrogen functional groups attached to an aromatic ring is 1. The molecule has 2 aromatic rings. The van der Waals surface area contributed by atoms with Crippen molar-refractivity contribution in [2.24, 2.45) is 0 Å². The lowest BCUT2D eigenvalue weighted by Crippen LogP contribution is -2.51. The Morgan fingerprint density at radius 1 is 1.47 bits per heavy atom. The first kappa shape index (κ1) is 10.3. The van der Waals surface area contributed by atoms with Crippen LogP contribution in [-0.2, 0) is 0 Å². The highest BCUT2D eigenvalue weighted by molar-refractivity contribution is 5.49. The van der Waals surface area contributed by atoms with Crippen LogP contribution in [0.5, 0.6) is 0 Å². The number of nitrogens with zero attached hydrogens (tertiary/aromatic N) is 5. The van der Waals surface area contributed by atoms with E-state index in [-0.39, 0.29) is 0 Å². The molecule has 0 amide bonds. The summed E-state index contributed by atoms with van der Waals surface area (Å²) < 4.78 is 1.73. The highest BCUT2D eigenvalue weighted by atomic mass is 15.4. The lowest BCUT2D eigenvalue weighted by molar-refractivity contribution is 0.488. The Morgan fingerprint density at radius 3 is 3.18 bits per heavy atom. The maximum Gasteiger partial charge on any atom is 0.232 e. The van der Waals surface area contributed by atoms with E-state index in [0.29, 0.717) is 12.0 Å². The van der Waals surface area contributed by atoms with E-state index in [1.165, 1.54) is 0 Å². The highest BCUT2D eigenvalue weighted by Crippen LogP contribution is 2.17. The number of hydrogen-bond acceptors (Lipinski definition) is 6. The van der Waals surface area contributed by atoms with Gasteiger partial charge in [-0.25, -0.2) is 0 Å². The molecule has 0 unspecified atom stereocenters. The zero-order valence-corrected chi connectivity index (χ0v) is 9.67. The fourth-order valence-corrected chi connectivity index (χ4v) is 2.15. The van der Waals surface area contributed by atoms with Gasteiger partial charge in [0.05, 0.1) is 6.20 Å². The van der Waals surface area contributed by atoms with E-state index in [2.05, 4.69) is 32.2 Å². The quantitative estimate of drug-likeness (QED) is 0.691. The summed E-state index contributed by atoms with van der Waals surface area (Å²) >= 11 is 0. The molecule has 7 heteroatoms. The fourth-order valence-electron chi connectivity index (χ4n) is 2.15. The minimum atomic E-state index is 0.290. The fraction of sp³-hybridized carbons (Fsp3) is 0.500. The standard InChI is InChI=1S/C10H15N7/c1-7-6-12-4-5-16(7)10-15-9(11)14-8-2-3-13-17(8)10/h2-3,7,12H,4-6H2,1H3,(H2,11,14)/t7-/m0/s1. The Balaban J connectivity index is 2.11. The molecule has 0 radical (unpaired) electrons. The minimum absolute atomic E-state index is 0.290. The number of aromatic nitrogens is 4. The van der Waals surface area contributed by atoms with E-state index in [1.807, 2.05) is 6.07 Å². The molecule has 3 N–H and O–H groups in total. The van der Waals surface area contributed by atoms with Crippen molar-refractivity contribution in [1.82, 2.24) is 24.9 Å². The first-order chi connectivity index (χ1) is 8.25. The maximum atomic E-state index is 5.73. The van der Waals surface area contributed by atoms with Crippen molar-refractivity contribution in [3.63, 3.8) is 0 Å². The zero-order valence-electron chi connectivity index (χ0n) is 9.67. The van der Waals surface area contributed by atoms with Gasteiger partial charge in [0.15, 0.2) is 5.65 Å². The second-order valence-electron chi connectivity index (χ2n) is 4.23. The summed E-state index contributed by atoms with van der Waals surface area (Å²) in [5.41, 5.74) is 6.46. The van der Waals surface area contributed by atoms with Crippen molar-refractivity contribution in [2.75, 3.05) is 30.3 Å². The van der Waals surface area contributed by atoms with Gasteiger partial charge in [0.25, 0.3) is 0 Å². The van der Waals surface area contributed by atoms with Gasteiger partial charge >= 0.3 is 0 Å². The van der Waals surface area contributed by atoms with Gasteiger partial charge in [-0.15, -0.1) is 0 Å². The van der Waals surface area contributed by atoms with Gasteiger partial charge in [0.2, 0.25) is 11.9 Å². The SMILES string of the molecule is C[C@H]1CNCCN1c1nc(N)nc2ccnn12. The van der Waals surface area contributed by atoms with Crippen LogP contribution < -0.4 is 16.0 Å². The number of nitrogens with two attached hydrogens (primary N) is 1. The van der Waals surface area contributed by atoms with Crippen molar-refractivity contribution in [3.8, 4) is 0 Å². The van der Waals surface area contributed by atoms with Crippen LogP contribution >= 0.6 is 0 Å². The average Bonchev–Trinajstić information content (AvgIpc) is 2.76. The van der Waals surface area contributed by atoms with Crippen molar-refractivity contribution in [3.05, 3.63) is 12.3 Å². The Labute approximate surface area is 98.6 Å². The first-order valence-electron chi connectivity index (χ1n) is 5.70. The number of piperazine rings is 1. The second-order valence-corrected chi connectivity index (χ2v) is 4.23. The third-order valence-electron chi connectivity index (χ3n) is 3.01. The van der Waals surface area contributed by atoms with Gasteiger partial charge in [0, 0.05) is 31.7 Å². The normalized spacial score (nSPS) is 21.0. The van der Waals surface area contributed by atoms with Crippen LogP contribution in [0.2, 0.25) is 0 Å². The van der Waals surface area contributed by atoms with E-state index < -0.39 is 0 Å². The average molecular weight is 233 g/mol. The van der Waals surface area contributed by atoms with Gasteiger partial charge in [-0.05, 0) is 6.92 Å². The topological polar surface area (TPSA) is 84.4 Å². The molecular weight excluding hydrogens is 218 g/mol. The molecule has 0 spiro atoms. The molecule has 0 aromatic carbocycles. The van der Waals surface area contributed by atoms with Gasteiger partial charge in [-0.3, -0.25) is 0 Å². The molecule has 0 aliphatic carbocycles. The van der Waals surface area contributed by atoms with Crippen LogP contribution in [0.1, 0.15) is 6.92 Å². The summed E-state index contributed by atoms with van der Waals surface area (Å²) in [7, 11) is 0. The lowest BCUT2D eigenvalue weighted by Gasteiger charge is -2.34. The van der Waals surface area contributed by atoms with Crippen molar-refractivity contribution >= 4 is 17.5 Å². The van der Waals surface area contributed by atoms with Gasteiger partial charge in [-0.2, -0.15) is 19.6 Å². The molecule has 1 aliphatic rings. The number of hydrogen-bond donors (Lipinski definition) is 2. The molecule has 0 saturated carbocycles.